The van der Waals surface area contributed by atoms with Crippen molar-refractivity contribution >= 4 is 11.7 Å². The maximum Gasteiger partial charge on any atom is 0.335 e. The maximum atomic E-state index is 10.9. The number of rotatable bonds is 4. The number of carboxylic acids is 1. The van der Waals surface area contributed by atoms with Gasteiger partial charge >= 0.3 is 5.97 Å². The van der Waals surface area contributed by atoms with Crippen LogP contribution in [0.5, 0.6) is 0 Å². The Hall–Kier alpha value is -2.30. The fraction of sp³-hybridized carbons (Fsp3) is 0.231. The molecule has 2 N–H and O–H groups in total. The van der Waals surface area contributed by atoms with Crippen LogP contribution in [0, 0.1) is 6.92 Å². The van der Waals surface area contributed by atoms with E-state index in [0.29, 0.717) is 6.54 Å². The van der Waals surface area contributed by atoms with E-state index in [9.17, 15) is 4.79 Å². The van der Waals surface area contributed by atoms with Gasteiger partial charge in [-0.1, -0.05) is 6.07 Å². The zero-order valence-electron chi connectivity index (χ0n) is 10.3. The average Bonchev–Trinajstić information content (AvgIpc) is 2.73. The van der Waals surface area contributed by atoms with Gasteiger partial charge in [0, 0.05) is 25.1 Å². The van der Waals surface area contributed by atoms with Crippen molar-refractivity contribution < 1.29 is 9.90 Å². The minimum atomic E-state index is -0.921. The van der Waals surface area contributed by atoms with Crippen LogP contribution in [-0.4, -0.2) is 20.6 Å². The summed E-state index contributed by atoms with van der Waals surface area (Å²) in [5, 5.41) is 12.2. The largest absolute Gasteiger partial charge is 0.478 e. The molecule has 0 bridgehead atoms. The smallest absolute Gasteiger partial charge is 0.335 e. The van der Waals surface area contributed by atoms with Gasteiger partial charge in [-0.3, -0.25) is 0 Å². The zero-order chi connectivity index (χ0) is 13.1. The number of imidazole rings is 1. The molecule has 0 unspecified atom stereocenters. The second-order valence-corrected chi connectivity index (χ2v) is 4.14. The second-order valence-electron chi connectivity index (χ2n) is 4.14. The van der Waals surface area contributed by atoms with E-state index in [1.807, 2.05) is 24.7 Å². The number of anilines is 1. The van der Waals surface area contributed by atoms with Gasteiger partial charge in [0.2, 0.25) is 0 Å². The van der Waals surface area contributed by atoms with E-state index in [1.54, 1.807) is 24.4 Å². The molecule has 94 valence electrons. The monoisotopic (exact) mass is 245 g/mol. The molecule has 2 aromatic rings. The number of hydrogen-bond acceptors (Lipinski definition) is 3. The Morgan fingerprint density at radius 3 is 2.89 bits per heavy atom. The standard InChI is InChI=1S/C13H15N3O2/c1-9-3-4-10(13(17)18)7-11(9)15-8-12-14-5-6-16(12)2/h3-7,15H,8H2,1-2H3,(H,17,18). The van der Waals surface area contributed by atoms with Crippen molar-refractivity contribution in [3.05, 3.63) is 47.5 Å². The number of carboxylic acid groups (broad SMARTS) is 1. The van der Waals surface area contributed by atoms with Crippen molar-refractivity contribution in [2.75, 3.05) is 5.32 Å². The van der Waals surface area contributed by atoms with Crippen LogP contribution in [0.1, 0.15) is 21.7 Å². The lowest BCUT2D eigenvalue weighted by Gasteiger charge is -2.10. The molecule has 1 aromatic heterocycles. The molecule has 0 saturated heterocycles. The van der Waals surface area contributed by atoms with Gasteiger partial charge in [0.05, 0.1) is 12.1 Å². The quantitative estimate of drug-likeness (QED) is 0.865. The first kappa shape index (κ1) is 12.2. The van der Waals surface area contributed by atoms with E-state index < -0.39 is 5.97 Å². The van der Waals surface area contributed by atoms with Crippen LogP contribution >= 0.6 is 0 Å². The number of aryl methyl sites for hydroxylation is 2. The van der Waals surface area contributed by atoms with Gasteiger partial charge in [-0.05, 0) is 24.6 Å². The molecule has 1 heterocycles. The lowest BCUT2D eigenvalue weighted by atomic mass is 10.1. The van der Waals surface area contributed by atoms with E-state index in [4.69, 9.17) is 5.11 Å². The van der Waals surface area contributed by atoms with Crippen molar-refractivity contribution in [3.8, 4) is 0 Å². The minimum Gasteiger partial charge on any atom is -0.478 e. The lowest BCUT2D eigenvalue weighted by molar-refractivity contribution is 0.0697. The Bertz CT molecular complexity index is 575. The summed E-state index contributed by atoms with van der Waals surface area (Å²) < 4.78 is 1.92. The topological polar surface area (TPSA) is 67.2 Å². The predicted octanol–water partition coefficient (Wildman–Crippen LogP) is 2.04. The molecule has 0 spiro atoms. The van der Waals surface area contributed by atoms with Crippen molar-refractivity contribution in [3.63, 3.8) is 0 Å². The predicted molar refractivity (Wildman–Crippen MR) is 68.7 cm³/mol. The van der Waals surface area contributed by atoms with E-state index in [-0.39, 0.29) is 5.56 Å². The molecule has 0 amide bonds. The van der Waals surface area contributed by atoms with Gasteiger partial charge in [0.15, 0.2) is 0 Å². The fourth-order valence-electron chi connectivity index (χ4n) is 1.69. The third-order valence-electron chi connectivity index (χ3n) is 2.84. The molecule has 5 heteroatoms. The lowest BCUT2D eigenvalue weighted by Crippen LogP contribution is -2.07. The zero-order valence-corrected chi connectivity index (χ0v) is 10.3. The third kappa shape index (κ3) is 2.51. The van der Waals surface area contributed by atoms with Crippen molar-refractivity contribution in [2.24, 2.45) is 7.05 Å². The van der Waals surface area contributed by atoms with Gasteiger partial charge in [-0.25, -0.2) is 9.78 Å². The molecule has 0 saturated carbocycles. The van der Waals surface area contributed by atoms with E-state index in [0.717, 1.165) is 17.1 Å². The Morgan fingerprint density at radius 1 is 1.50 bits per heavy atom. The Balaban J connectivity index is 2.16. The summed E-state index contributed by atoms with van der Waals surface area (Å²) in [5.74, 6) is -0.0230. The van der Waals surface area contributed by atoms with Crippen molar-refractivity contribution in [1.82, 2.24) is 9.55 Å². The van der Waals surface area contributed by atoms with Gasteiger partial charge in [-0.2, -0.15) is 0 Å². The van der Waals surface area contributed by atoms with Crippen LogP contribution in [0.3, 0.4) is 0 Å². The molecule has 1 aromatic carbocycles. The van der Waals surface area contributed by atoms with Crippen LogP contribution < -0.4 is 5.32 Å². The molecule has 2 rings (SSSR count). The van der Waals surface area contributed by atoms with Crippen LogP contribution in [0.15, 0.2) is 30.6 Å². The Kier molecular flexibility index (Phi) is 3.32. The summed E-state index contributed by atoms with van der Waals surface area (Å²) in [6.07, 6.45) is 3.61. The molecule has 0 atom stereocenters. The highest BCUT2D eigenvalue weighted by atomic mass is 16.4. The Morgan fingerprint density at radius 2 is 2.28 bits per heavy atom. The molecule has 0 aliphatic rings. The summed E-state index contributed by atoms with van der Waals surface area (Å²) in [4.78, 5) is 15.1. The number of hydrogen-bond donors (Lipinski definition) is 2. The molecule has 0 radical (unpaired) electrons. The van der Waals surface area contributed by atoms with Crippen molar-refractivity contribution in [2.45, 2.75) is 13.5 Å². The van der Waals surface area contributed by atoms with E-state index in [1.165, 1.54) is 0 Å². The highest BCUT2D eigenvalue weighted by molar-refractivity contribution is 5.89. The first-order valence-corrected chi connectivity index (χ1v) is 5.62. The summed E-state index contributed by atoms with van der Waals surface area (Å²) in [6, 6.07) is 5.04. The fourth-order valence-corrected chi connectivity index (χ4v) is 1.69. The number of benzene rings is 1. The summed E-state index contributed by atoms with van der Waals surface area (Å²) >= 11 is 0. The summed E-state index contributed by atoms with van der Waals surface area (Å²) in [7, 11) is 1.92. The van der Waals surface area contributed by atoms with Crippen LogP contribution in [0.2, 0.25) is 0 Å². The Labute approximate surface area is 105 Å². The van der Waals surface area contributed by atoms with Gasteiger partial charge in [0.1, 0.15) is 5.82 Å². The highest BCUT2D eigenvalue weighted by Crippen LogP contribution is 2.17. The van der Waals surface area contributed by atoms with Crippen LogP contribution in [-0.2, 0) is 13.6 Å². The normalized spacial score (nSPS) is 10.3. The molecule has 5 nitrogen and oxygen atoms in total. The number of carbonyl (C=O) groups is 1. The van der Waals surface area contributed by atoms with Gasteiger partial charge in [-0.15, -0.1) is 0 Å². The minimum absolute atomic E-state index is 0.281. The number of nitrogens with one attached hydrogen (secondary N) is 1. The molecule has 0 aliphatic carbocycles. The average molecular weight is 245 g/mol. The second kappa shape index (κ2) is 4.91. The first-order valence-electron chi connectivity index (χ1n) is 5.62. The summed E-state index contributed by atoms with van der Waals surface area (Å²) in [6.45, 7) is 2.50. The number of aromatic carboxylic acids is 1. The highest BCUT2D eigenvalue weighted by Gasteiger charge is 2.06. The van der Waals surface area contributed by atoms with Gasteiger partial charge in [0.25, 0.3) is 0 Å². The molecular weight excluding hydrogens is 230 g/mol. The molecule has 0 fully saturated rings. The molecule has 0 aliphatic heterocycles. The molecular formula is C13H15N3O2. The molecule has 18 heavy (non-hydrogen) atoms. The maximum absolute atomic E-state index is 10.9. The van der Waals surface area contributed by atoms with E-state index in [2.05, 4.69) is 10.3 Å². The number of nitrogens with zero attached hydrogens (tertiary/aromatic N) is 2. The van der Waals surface area contributed by atoms with Crippen LogP contribution in [0.25, 0.3) is 0 Å². The summed E-state index contributed by atoms with van der Waals surface area (Å²) in [5.41, 5.74) is 2.11. The van der Waals surface area contributed by atoms with Crippen molar-refractivity contribution in [1.29, 1.82) is 0 Å². The SMILES string of the molecule is Cc1ccc(C(=O)O)cc1NCc1nccn1C. The first-order chi connectivity index (χ1) is 8.58. The van der Waals surface area contributed by atoms with Crippen LogP contribution in [0.4, 0.5) is 5.69 Å². The number of aromatic nitrogens is 2. The van der Waals surface area contributed by atoms with Gasteiger partial charge < -0.3 is 15.0 Å². The van der Waals surface area contributed by atoms with E-state index >= 15 is 0 Å². The third-order valence-corrected chi connectivity index (χ3v) is 2.84.